The van der Waals surface area contributed by atoms with E-state index in [1.807, 2.05) is 27.7 Å². The Morgan fingerprint density at radius 1 is 1.29 bits per heavy atom. The second-order valence-electron chi connectivity index (χ2n) is 6.59. The molecule has 0 heterocycles. The molecule has 1 aromatic rings. The zero-order valence-corrected chi connectivity index (χ0v) is 14.0. The zero-order valence-electron chi connectivity index (χ0n) is 14.0. The zero-order chi connectivity index (χ0) is 16.0. The minimum absolute atomic E-state index is 0.00658. The molecule has 1 amide bonds. The third kappa shape index (κ3) is 7.14. The first-order chi connectivity index (χ1) is 9.67. The Kier molecular flexibility index (Phi) is 6.21. The van der Waals surface area contributed by atoms with Gasteiger partial charge in [0, 0.05) is 18.6 Å². The van der Waals surface area contributed by atoms with Crippen LogP contribution in [0, 0.1) is 6.92 Å². The number of carbonyl (C=O) groups is 1. The fourth-order valence-corrected chi connectivity index (χ4v) is 1.97. The van der Waals surface area contributed by atoms with Gasteiger partial charge in [-0.3, -0.25) is 0 Å². The highest BCUT2D eigenvalue weighted by Gasteiger charge is 2.17. The Morgan fingerprint density at radius 3 is 2.52 bits per heavy atom. The van der Waals surface area contributed by atoms with E-state index in [1.54, 1.807) is 0 Å². The molecule has 0 aromatic heterocycles. The summed E-state index contributed by atoms with van der Waals surface area (Å²) in [5.74, 6) is 0. The van der Waals surface area contributed by atoms with Crippen molar-refractivity contribution in [2.75, 3.05) is 6.54 Å². The minimum atomic E-state index is -0.466. The van der Waals surface area contributed by atoms with Crippen LogP contribution >= 0.6 is 0 Å². The van der Waals surface area contributed by atoms with Crippen LogP contribution in [0.2, 0.25) is 0 Å². The Balaban J connectivity index is 2.39. The predicted octanol–water partition coefficient (Wildman–Crippen LogP) is 3.56. The van der Waals surface area contributed by atoms with Gasteiger partial charge in [-0.15, -0.1) is 0 Å². The average Bonchev–Trinajstić information content (AvgIpc) is 2.33. The molecule has 1 rings (SSSR count). The molecule has 0 aliphatic heterocycles. The summed E-state index contributed by atoms with van der Waals surface area (Å²) < 4.78 is 5.24. The van der Waals surface area contributed by atoms with Crippen molar-refractivity contribution < 1.29 is 9.53 Å². The molecular formula is C17H28N2O2. The molecular weight excluding hydrogens is 264 g/mol. The van der Waals surface area contributed by atoms with Crippen molar-refractivity contribution in [3.63, 3.8) is 0 Å². The third-order valence-corrected chi connectivity index (χ3v) is 3.04. The second kappa shape index (κ2) is 7.46. The van der Waals surface area contributed by atoms with Gasteiger partial charge in [0.2, 0.25) is 0 Å². The van der Waals surface area contributed by atoms with Gasteiger partial charge in [-0.1, -0.05) is 29.8 Å². The maximum absolute atomic E-state index is 11.7. The molecule has 1 aromatic carbocycles. The van der Waals surface area contributed by atoms with Crippen molar-refractivity contribution in [2.45, 2.75) is 59.2 Å². The summed E-state index contributed by atoms with van der Waals surface area (Å²) >= 11 is 0. The van der Waals surface area contributed by atoms with Crippen LogP contribution in [-0.2, 0) is 4.74 Å². The van der Waals surface area contributed by atoms with Crippen molar-refractivity contribution >= 4 is 6.09 Å². The molecule has 118 valence electrons. The number of rotatable bonds is 5. The molecule has 0 fully saturated rings. The third-order valence-electron chi connectivity index (χ3n) is 3.04. The van der Waals surface area contributed by atoms with E-state index >= 15 is 0 Å². The van der Waals surface area contributed by atoms with Crippen LogP contribution in [-0.4, -0.2) is 24.3 Å². The van der Waals surface area contributed by atoms with Gasteiger partial charge in [0.25, 0.3) is 0 Å². The fourth-order valence-electron chi connectivity index (χ4n) is 1.97. The summed E-state index contributed by atoms with van der Waals surface area (Å²) in [5, 5.41) is 6.25. The van der Waals surface area contributed by atoms with E-state index < -0.39 is 5.60 Å². The molecule has 0 aliphatic carbocycles. The van der Waals surface area contributed by atoms with Crippen molar-refractivity contribution in [1.82, 2.24) is 10.6 Å². The second-order valence-corrected chi connectivity index (χ2v) is 6.59. The van der Waals surface area contributed by atoms with Crippen LogP contribution in [0.25, 0.3) is 0 Å². The normalized spacial score (nSPS) is 14.4. The average molecular weight is 292 g/mol. The van der Waals surface area contributed by atoms with Crippen molar-refractivity contribution in [2.24, 2.45) is 0 Å². The van der Waals surface area contributed by atoms with E-state index in [0.717, 1.165) is 0 Å². The van der Waals surface area contributed by atoms with Gasteiger partial charge in [-0.2, -0.15) is 0 Å². The van der Waals surface area contributed by atoms with Gasteiger partial charge >= 0.3 is 6.09 Å². The van der Waals surface area contributed by atoms with Crippen LogP contribution in [0.15, 0.2) is 24.3 Å². The number of hydrogen-bond donors (Lipinski definition) is 2. The van der Waals surface area contributed by atoms with Crippen LogP contribution < -0.4 is 10.6 Å². The monoisotopic (exact) mass is 292 g/mol. The molecule has 0 spiro atoms. The van der Waals surface area contributed by atoms with Gasteiger partial charge in [-0.25, -0.2) is 4.79 Å². The first-order valence-corrected chi connectivity index (χ1v) is 7.47. The largest absolute Gasteiger partial charge is 0.444 e. The molecule has 21 heavy (non-hydrogen) atoms. The van der Waals surface area contributed by atoms with E-state index in [1.165, 1.54) is 11.1 Å². The Hall–Kier alpha value is -1.55. The molecule has 2 atom stereocenters. The van der Waals surface area contributed by atoms with E-state index in [-0.39, 0.29) is 18.2 Å². The number of nitrogens with one attached hydrogen (secondary N) is 2. The molecule has 0 bridgehead atoms. The standard InChI is InChI=1S/C17H28N2O2/c1-12-8-7-9-15(10-12)14(3)18-11-13(2)19-16(20)21-17(4,5)6/h7-10,13-14,18H,11H2,1-6H3,(H,19,20). The van der Waals surface area contributed by atoms with Gasteiger partial charge in [0.15, 0.2) is 0 Å². The number of aryl methyl sites for hydroxylation is 1. The smallest absolute Gasteiger partial charge is 0.407 e. The fraction of sp³-hybridized carbons (Fsp3) is 0.588. The molecule has 0 aliphatic rings. The van der Waals surface area contributed by atoms with Gasteiger partial charge < -0.3 is 15.4 Å². The number of carbonyl (C=O) groups excluding carboxylic acids is 1. The van der Waals surface area contributed by atoms with E-state index in [0.29, 0.717) is 6.54 Å². The Labute approximate surface area is 128 Å². The topological polar surface area (TPSA) is 50.4 Å². The summed E-state index contributed by atoms with van der Waals surface area (Å²) in [4.78, 5) is 11.7. The highest BCUT2D eigenvalue weighted by Crippen LogP contribution is 2.13. The quantitative estimate of drug-likeness (QED) is 0.872. The predicted molar refractivity (Wildman–Crippen MR) is 86.4 cm³/mol. The molecule has 4 nitrogen and oxygen atoms in total. The maximum Gasteiger partial charge on any atom is 0.407 e. The van der Waals surface area contributed by atoms with Crippen molar-refractivity contribution in [1.29, 1.82) is 0 Å². The number of alkyl carbamates (subject to hydrolysis) is 1. The summed E-state index contributed by atoms with van der Waals surface area (Å²) in [7, 11) is 0. The lowest BCUT2D eigenvalue weighted by Gasteiger charge is -2.23. The molecule has 0 radical (unpaired) electrons. The number of ether oxygens (including phenoxy) is 1. The first-order valence-electron chi connectivity index (χ1n) is 7.47. The number of benzene rings is 1. The lowest BCUT2D eigenvalue weighted by atomic mass is 10.1. The molecule has 2 N–H and O–H groups in total. The summed E-state index contributed by atoms with van der Waals surface area (Å²) in [6.07, 6.45) is -0.375. The molecule has 4 heteroatoms. The minimum Gasteiger partial charge on any atom is -0.444 e. The van der Waals surface area contributed by atoms with Gasteiger partial charge in [0.05, 0.1) is 0 Å². The van der Waals surface area contributed by atoms with Crippen LogP contribution in [0.4, 0.5) is 4.79 Å². The number of hydrogen-bond acceptors (Lipinski definition) is 3. The maximum atomic E-state index is 11.7. The Bertz CT molecular complexity index is 466. The number of amides is 1. The van der Waals surface area contributed by atoms with Gasteiger partial charge in [0.1, 0.15) is 5.60 Å². The Morgan fingerprint density at radius 2 is 1.95 bits per heavy atom. The molecule has 2 unspecified atom stereocenters. The molecule has 0 saturated heterocycles. The van der Waals surface area contributed by atoms with Crippen LogP contribution in [0.3, 0.4) is 0 Å². The van der Waals surface area contributed by atoms with Crippen molar-refractivity contribution in [3.8, 4) is 0 Å². The van der Waals surface area contributed by atoms with E-state index in [4.69, 9.17) is 4.74 Å². The van der Waals surface area contributed by atoms with Crippen LogP contribution in [0.1, 0.15) is 51.8 Å². The SMILES string of the molecule is Cc1cccc(C(C)NCC(C)NC(=O)OC(C)(C)C)c1. The summed E-state index contributed by atoms with van der Waals surface area (Å²) in [5.41, 5.74) is 2.03. The van der Waals surface area contributed by atoms with Gasteiger partial charge in [-0.05, 0) is 47.1 Å². The van der Waals surface area contributed by atoms with Crippen LogP contribution in [0.5, 0.6) is 0 Å². The summed E-state index contributed by atoms with van der Waals surface area (Å²) in [6, 6.07) is 8.67. The van der Waals surface area contributed by atoms with E-state index in [9.17, 15) is 4.79 Å². The lowest BCUT2D eigenvalue weighted by molar-refractivity contribution is 0.0507. The van der Waals surface area contributed by atoms with Crippen molar-refractivity contribution in [3.05, 3.63) is 35.4 Å². The van der Waals surface area contributed by atoms with E-state index in [2.05, 4.69) is 48.7 Å². The highest BCUT2D eigenvalue weighted by molar-refractivity contribution is 5.68. The highest BCUT2D eigenvalue weighted by atomic mass is 16.6. The lowest BCUT2D eigenvalue weighted by Crippen LogP contribution is -2.43. The molecule has 0 saturated carbocycles. The summed E-state index contributed by atoms with van der Waals surface area (Å²) in [6.45, 7) is 12.4. The first kappa shape index (κ1) is 17.5.